The second-order valence-corrected chi connectivity index (χ2v) is 14.8. The average Bonchev–Trinajstić information content (AvgIpc) is 3.95. The molecule has 0 radical (unpaired) electrons. The molecule has 0 aliphatic carbocycles. The van der Waals surface area contributed by atoms with Crippen molar-refractivity contribution in [3.05, 3.63) is 170 Å². The summed E-state index contributed by atoms with van der Waals surface area (Å²) in [5.74, 6) is 0. The predicted octanol–water partition coefficient (Wildman–Crippen LogP) is 13.8. The van der Waals surface area contributed by atoms with Crippen molar-refractivity contribution in [3.63, 3.8) is 0 Å². The van der Waals surface area contributed by atoms with Gasteiger partial charge in [-0.25, -0.2) is 0 Å². The van der Waals surface area contributed by atoms with Crippen LogP contribution in [0.5, 0.6) is 0 Å². The minimum atomic E-state index is 0.888. The van der Waals surface area contributed by atoms with Gasteiger partial charge < -0.3 is 13.6 Å². The highest BCUT2D eigenvalue weighted by Crippen LogP contribution is 2.44. The standard InChI is InChI=1S/C48H28N2OS/c1-2-11-30(12-3-1)49-40-17-7-4-13-33(40)36-24-25-37-34-14-5-8-18-41(34)50(48(37)47(36)49)31-22-26-42-39(28-31)35-23-21-29(27-43(35)51-42)32-16-10-20-45-46(32)38-15-6-9-19-44(38)52-45/h1-28H. The number of hydrogen-bond acceptors (Lipinski definition) is 2. The van der Waals surface area contributed by atoms with Gasteiger partial charge in [0.2, 0.25) is 0 Å². The Morgan fingerprint density at radius 2 is 1.02 bits per heavy atom. The summed E-state index contributed by atoms with van der Waals surface area (Å²) in [5, 5.41) is 9.81. The second kappa shape index (κ2) is 10.5. The lowest BCUT2D eigenvalue weighted by atomic mass is 9.98. The maximum Gasteiger partial charge on any atom is 0.136 e. The Morgan fingerprint density at radius 1 is 0.385 bits per heavy atom. The molecule has 0 saturated heterocycles. The Hall–Kier alpha value is -6.62. The number of thiophene rings is 1. The van der Waals surface area contributed by atoms with E-state index < -0.39 is 0 Å². The summed E-state index contributed by atoms with van der Waals surface area (Å²) in [5.41, 5.74) is 11.2. The van der Waals surface area contributed by atoms with E-state index in [2.05, 4.69) is 179 Å². The molecule has 0 amide bonds. The smallest absolute Gasteiger partial charge is 0.136 e. The lowest BCUT2D eigenvalue weighted by Gasteiger charge is -2.12. The highest BCUT2D eigenvalue weighted by atomic mass is 32.1. The van der Waals surface area contributed by atoms with Crippen molar-refractivity contribution in [2.45, 2.75) is 0 Å². The number of aromatic nitrogens is 2. The predicted molar refractivity (Wildman–Crippen MR) is 221 cm³/mol. The van der Waals surface area contributed by atoms with Crippen molar-refractivity contribution in [1.29, 1.82) is 0 Å². The summed E-state index contributed by atoms with van der Waals surface area (Å²) in [6.07, 6.45) is 0. The summed E-state index contributed by atoms with van der Waals surface area (Å²) in [6.45, 7) is 0. The van der Waals surface area contributed by atoms with E-state index in [1.54, 1.807) is 0 Å². The zero-order chi connectivity index (χ0) is 33.9. The lowest BCUT2D eigenvalue weighted by Crippen LogP contribution is -1.98. The topological polar surface area (TPSA) is 23.0 Å². The fourth-order valence-electron chi connectivity index (χ4n) is 8.70. The van der Waals surface area contributed by atoms with Gasteiger partial charge in [-0.05, 0) is 77.9 Å². The van der Waals surface area contributed by atoms with Crippen LogP contribution >= 0.6 is 11.3 Å². The van der Waals surface area contributed by atoms with Crippen LogP contribution in [0.1, 0.15) is 0 Å². The van der Waals surface area contributed by atoms with Gasteiger partial charge in [-0.15, -0.1) is 11.3 Å². The van der Waals surface area contributed by atoms with E-state index in [1.165, 1.54) is 74.9 Å². The van der Waals surface area contributed by atoms with Crippen LogP contribution in [0.3, 0.4) is 0 Å². The van der Waals surface area contributed by atoms with Gasteiger partial charge in [-0.2, -0.15) is 0 Å². The third-order valence-electron chi connectivity index (χ3n) is 10.9. The van der Waals surface area contributed by atoms with Crippen molar-refractivity contribution < 1.29 is 4.42 Å². The molecule has 4 heterocycles. The van der Waals surface area contributed by atoms with Gasteiger partial charge in [0, 0.05) is 63.9 Å². The van der Waals surface area contributed by atoms with Crippen LogP contribution in [-0.4, -0.2) is 9.13 Å². The first kappa shape index (κ1) is 28.1. The van der Waals surface area contributed by atoms with Crippen LogP contribution in [-0.2, 0) is 0 Å². The number of rotatable bonds is 3. The van der Waals surface area contributed by atoms with Crippen LogP contribution in [0, 0.1) is 0 Å². The summed E-state index contributed by atoms with van der Waals surface area (Å²) in [6, 6.07) is 61.6. The van der Waals surface area contributed by atoms with Gasteiger partial charge in [-0.3, -0.25) is 0 Å². The first-order valence-corrected chi connectivity index (χ1v) is 18.5. The fraction of sp³-hybridized carbons (Fsp3) is 0. The van der Waals surface area contributed by atoms with Crippen LogP contribution in [0.4, 0.5) is 0 Å². The third-order valence-corrected chi connectivity index (χ3v) is 12.0. The number of hydrogen-bond donors (Lipinski definition) is 0. The Kier molecular flexibility index (Phi) is 5.65. The van der Waals surface area contributed by atoms with Crippen molar-refractivity contribution in [3.8, 4) is 22.5 Å². The van der Waals surface area contributed by atoms with Crippen LogP contribution < -0.4 is 0 Å². The van der Waals surface area contributed by atoms with E-state index in [9.17, 15) is 0 Å². The number of benzene rings is 8. The number of furan rings is 1. The normalized spacial score (nSPS) is 12.2. The van der Waals surface area contributed by atoms with Gasteiger partial charge in [0.05, 0.1) is 22.1 Å². The van der Waals surface area contributed by atoms with E-state index in [-0.39, 0.29) is 0 Å². The lowest BCUT2D eigenvalue weighted by molar-refractivity contribution is 0.669. The first-order chi connectivity index (χ1) is 25.8. The molecule has 4 heteroatoms. The summed E-state index contributed by atoms with van der Waals surface area (Å²) in [4.78, 5) is 0. The zero-order valence-corrected chi connectivity index (χ0v) is 28.7. The molecule has 0 atom stereocenters. The summed E-state index contributed by atoms with van der Waals surface area (Å²) in [7, 11) is 0. The molecule has 0 unspecified atom stereocenters. The molecule has 3 nitrogen and oxygen atoms in total. The highest BCUT2D eigenvalue weighted by molar-refractivity contribution is 7.25. The molecule has 4 aromatic heterocycles. The molecule has 0 spiro atoms. The van der Waals surface area contributed by atoms with E-state index in [0.717, 1.165) is 33.3 Å². The van der Waals surface area contributed by atoms with Crippen LogP contribution in [0.25, 0.3) is 108 Å². The fourth-order valence-corrected chi connectivity index (χ4v) is 9.83. The van der Waals surface area contributed by atoms with Gasteiger partial charge in [0.25, 0.3) is 0 Å². The molecule has 0 saturated carbocycles. The molecule has 242 valence electrons. The Bertz CT molecular complexity index is 3410. The molecule has 8 aromatic carbocycles. The second-order valence-electron chi connectivity index (χ2n) is 13.7. The Morgan fingerprint density at radius 3 is 1.79 bits per heavy atom. The first-order valence-electron chi connectivity index (χ1n) is 17.7. The third kappa shape index (κ3) is 3.79. The summed E-state index contributed by atoms with van der Waals surface area (Å²) < 4.78 is 14.1. The molecular formula is C48H28N2OS. The van der Waals surface area contributed by atoms with Crippen molar-refractivity contribution in [2.24, 2.45) is 0 Å². The quantitative estimate of drug-likeness (QED) is 0.182. The largest absolute Gasteiger partial charge is 0.456 e. The molecule has 12 aromatic rings. The maximum absolute atomic E-state index is 6.62. The van der Waals surface area contributed by atoms with Crippen LogP contribution in [0.2, 0.25) is 0 Å². The molecule has 0 aliphatic rings. The average molecular weight is 681 g/mol. The zero-order valence-electron chi connectivity index (χ0n) is 27.9. The minimum absolute atomic E-state index is 0.888. The van der Waals surface area contributed by atoms with Crippen LogP contribution in [0.15, 0.2) is 174 Å². The summed E-state index contributed by atoms with van der Waals surface area (Å²) >= 11 is 1.85. The minimum Gasteiger partial charge on any atom is -0.456 e. The van der Waals surface area contributed by atoms with Crippen molar-refractivity contribution >= 4 is 97.1 Å². The van der Waals surface area contributed by atoms with E-state index in [4.69, 9.17) is 4.42 Å². The molecular weight excluding hydrogens is 653 g/mol. The van der Waals surface area contributed by atoms with E-state index in [0.29, 0.717) is 0 Å². The number of para-hydroxylation sites is 3. The van der Waals surface area contributed by atoms with E-state index in [1.807, 2.05) is 11.3 Å². The van der Waals surface area contributed by atoms with Gasteiger partial charge in [0.15, 0.2) is 0 Å². The molecule has 0 bridgehead atoms. The molecule has 12 rings (SSSR count). The highest BCUT2D eigenvalue weighted by Gasteiger charge is 2.22. The molecule has 52 heavy (non-hydrogen) atoms. The SMILES string of the molecule is c1ccc(-n2c3ccccc3c3ccc4c5ccccc5n(-c5ccc6oc7cc(-c8cccc9sc%10ccccc%10c89)ccc7c6c5)c4c32)cc1. The molecule has 0 aliphatic heterocycles. The molecule has 0 N–H and O–H groups in total. The van der Waals surface area contributed by atoms with Crippen molar-refractivity contribution in [2.75, 3.05) is 0 Å². The van der Waals surface area contributed by atoms with Gasteiger partial charge >= 0.3 is 0 Å². The van der Waals surface area contributed by atoms with E-state index >= 15 is 0 Å². The number of nitrogens with zero attached hydrogens (tertiary/aromatic N) is 2. The van der Waals surface area contributed by atoms with Gasteiger partial charge in [0.1, 0.15) is 11.2 Å². The Labute approximate surface area is 301 Å². The Balaban J connectivity index is 1.12. The van der Waals surface area contributed by atoms with Crippen molar-refractivity contribution in [1.82, 2.24) is 9.13 Å². The number of fused-ring (bicyclic) bond motifs is 13. The molecule has 0 fully saturated rings. The van der Waals surface area contributed by atoms with Gasteiger partial charge in [-0.1, -0.05) is 103 Å². The maximum atomic E-state index is 6.62. The monoisotopic (exact) mass is 680 g/mol.